The quantitative estimate of drug-likeness (QED) is 0.617. The molecule has 0 aromatic carbocycles. The summed E-state index contributed by atoms with van der Waals surface area (Å²) >= 11 is 3.29. The Labute approximate surface area is 122 Å². The van der Waals surface area contributed by atoms with Crippen molar-refractivity contribution in [1.29, 1.82) is 0 Å². The molecule has 0 saturated carbocycles. The van der Waals surface area contributed by atoms with Crippen LogP contribution < -0.4 is 5.56 Å². The molecule has 19 heavy (non-hydrogen) atoms. The number of hydrogen-bond donors (Lipinski definition) is 0. The highest BCUT2D eigenvalue weighted by Gasteiger charge is 2.26. The largest absolute Gasteiger partial charge is 0.383 e. The van der Waals surface area contributed by atoms with Gasteiger partial charge in [0.15, 0.2) is 5.16 Å². The molecule has 0 spiro atoms. The minimum atomic E-state index is 0.0968. The Morgan fingerprint density at radius 1 is 1.58 bits per heavy atom. The van der Waals surface area contributed by atoms with Gasteiger partial charge in [0.2, 0.25) is 0 Å². The molecule has 0 bridgehead atoms. The Kier molecular flexibility index (Phi) is 4.97. The molecule has 2 heterocycles. The lowest BCUT2D eigenvalue weighted by molar-refractivity contribution is 0.182. The van der Waals surface area contributed by atoms with E-state index in [1.165, 1.54) is 0 Å². The third kappa shape index (κ3) is 3.35. The van der Waals surface area contributed by atoms with Crippen molar-refractivity contribution in [2.24, 2.45) is 0 Å². The van der Waals surface area contributed by atoms with Gasteiger partial charge in [-0.15, -0.1) is 11.8 Å². The van der Waals surface area contributed by atoms with E-state index in [0.29, 0.717) is 23.7 Å². The molecule has 1 atom stereocenters. The molecule has 0 N–H and O–H groups in total. The average Bonchev–Trinajstić information content (AvgIpc) is 2.69. The van der Waals surface area contributed by atoms with Crippen molar-refractivity contribution >= 4 is 23.5 Å². The lowest BCUT2D eigenvalue weighted by Crippen LogP contribution is -2.27. The van der Waals surface area contributed by atoms with Gasteiger partial charge >= 0.3 is 0 Å². The minimum Gasteiger partial charge on any atom is -0.383 e. The highest BCUT2D eigenvalue weighted by Crippen LogP contribution is 2.34. The summed E-state index contributed by atoms with van der Waals surface area (Å²) in [6.45, 7) is 7.47. The van der Waals surface area contributed by atoms with E-state index in [0.717, 1.165) is 22.2 Å². The smallest absolute Gasteiger partial charge is 0.268 e. The maximum atomic E-state index is 12.5. The second-order valence-electron chi connectivity index (χ2n) is 4.92. The summed E-state index contributed by atoms with van der Waals surface area (Å²) in [7, 11) is 1.65. The topological polar surface area (TPSA) is 44.1 Å². The molecule has 2 rings (SSSR count). The van der Waals surface area contributed by atoms with Crippen molar-refractivity contribution < 1.29 is 4.74 Å². The number of ether oxygens (including phenoxy) is 1. The third-order valence-corrected chi connectivity index (χ3v) is 5.03. The van der Waals surface area contributed by atoms with Gasteiger partial charge in [-0.1, -0.05) is 32.5 Å². The maximum absolute atomic E-state index is 12.5. The molecule has 1 aliphatic rings. The number of thioether (sulfide) groups is 2. The number of rotatable bonds is 5. The van der Waals surface area contributed by atoms with Crippen molar-refractivity contribution in [3.05, 3.63) is 16.0 Å². The van der Waals surface area contributed by atoms with E-state index in [1.807, 2.05) is 0 Å². The molecule has 0 fully saturated rings. The zero-order valence-electron chi connectivity index (χ0n) is 11.8. The second-order valence-corrected chi connectivity index (χ2v) is 7.91. The van der Waals surface area contributed by atoms with Crippen LogP contribution in [0.4, 0.5) is 0 Å². The van der Waals surface area contributed by atoms with Crippen LogP contribution in [0.5, 0.6) is 0 Å². The molecule has 4 nitrogen and oxygen atoms in total. The Morgan fingerprint density at radius 2 is 2.32 bits per heavy atom. The van der Waals surface area contributed by atoms with Crippen LogP contribution in [0.15, 0.2) is 14.8 Å². The first-order valence-electron chi connectivity index (χ1n) is 6.49. The van der Waals surface area contributed by atoms with Crippen LogP contribution in [0.3, 0.4) is 0 Å². The van der Waals surface area contributed by atoms with Crippen molar-refractivity contribution in [1.82, 2.24) is 9.55 Å². The highest BCUT2D eigenvalue weighted by molar-refractivity contribution is 8.00. The Morgan fingerprint density at radius 3 is 2.95 bits per heavy atom. The molecule has 1 aromatic heterocycles. The van der Waals surface area contributed by atoms with Crippen molar-refractivity contribution in [3.8, 4) is 0 Å². The SMILES string of the molecule is COCCn1c(SC(C)C)nc2c(c1=O)SC(C)C2. The molecule has 106 valence electrons. The van der Waals surface area contributed by atoms with E-state index in [9.17, 15) is 4.79 Å². The summed E-state index contributed by atoms with van der Waals surface area (Å²) in [5.74, 6) is 0. The van der Waals surface area contributed by atoms with Gasteiger partial charge in [0.25, 0.3) is 5.56 Å². The van der Waals surface area contributed by atoms with E-state index >= 15 is 0 Å². The van der Waals surface area contributed by atoms with Gasteiger partial charge in [-0.2, -0.15) is 0 Å². The van der Waals surface area contributed by atoms with Crippen molar-refractivity contribution in [3.63, 3.8) is 0 Å². The monoisotopic (exact) mass is 300 g/mol. The van der Waals surface area contributed by atoms with Gasteiger partial charge in [-0.3, -0.25) is 9.36 Å². The summed E-state index contributed by atoms with van der Waals surface area (Å²) in [4.78, 5) is 18.1. The first kappa shape index (κ1) is 14.9. The van der Waals surface area contributed by atoms with Gasteiger partial charge < -0.3 is 4.74 Å². The predicted molar refractivity (Wildman–Crippen MR) is 80.4 cm³/mol. The number of aromatic nitrogens is 2. The maximum Gasteiger partial charge on any atom is 0.268 e. The highest BCUT2D eigenvalue weighted by atomic mass is 32.2. The van der Waals surface area contributed by atoms with E-state index in [1.54, 1.807) is 35.2 Å². The fraction of sp³-hybridized carbons (Fsp3) is 0.692. The molecule has 1 aliphatic heterocycles. The van der Waals surface area contributed by atoms with Crippen LogP contribution in [0.2, 0.25) is 0 Å². The Bertz CT molecular complexity index is 514. The summed E-state index contributed by atoms with van der Waals surface area (Å²) in [5.41, 5.74) is 1.07. The lowest BCUT2D eigenvalue weighted by Gasteiger charge is -2.14. The molecule has 0 radical (unpaired) electrons. The Hall–Kier alpha value is -0.460. The van der Waals surface area contributed by atoms with Crippen LogP contribution in [0.25, 0.3) is 0 Å². The van der Waals surface area contributed by atoms with E-state index in [4.69, 9.17) is 9.72 Å². The van der Waals surface area contributed by atoms with Gasteiger partial charge in [0, 0.05) is 24.0 Å². The average molecular weight is 300 g/mol. The van der Waals surface area contributed by atoms with Crippen LogP contribution in [0.1, 0.15) is 26.5 Å². The summed E-state index contributed by atoms with van der Waals surface area (Å²) in [5, 5.41) is 1.68. The first-order valence-corrected chi connectivity index (χ1v) is 8.24. The van der Waals surface area contributed by atoms with E-state index < -0.39 is 0 Å². The molecule has 0 saturated heterocycles. The molecule has 0 aliphatic carbocycles. The van der Waals surface area contributed by atoms with Gasteiger partial charge in [0.05, 0.1) is 23.7 Å². The molecule has 1 aromatic rings. The standard InChI is InChI=1S/C13H20N2O2S2/c1-8(2)18-13-14-10-7-9(3)19-11(10)12(16)15(13)5-6-17-4/h8-9H,5-7H2,1-4H3. The number of hydrogen-bond acceptors (Lipinski definition) is 5. The fourth-order valence-electron chi connectivity index (χ4n) is 2.01. The van der Waals surface area contributed by atoms with Crippen LogP contribution in [-0.2, 0) is 17.7 Å². The summed E-state index contributed by atoms with van der Waals surface area (Å²) < 4.78 is 6.86. The zero-order valence-corrected chi connectivity index (χ0v) is 13.4. The van der Waals surface area contributed by atoms with Crippen LogP contribution in [0, 0.1) is 0 Å². The third-order valence-electron chi connectivity index (χ3n) is 2.82. The molecule has 6 heteroatoms. The Balaban J connectivity index is 2.43. The zero-order chi connectivity index (χ0) is 14.0. The fourth-order valence-corrected chi connectivity index (χ4v) is 4.02. The van der Waals surface area contributed by atoms with E-state index in [-0.39, 0.29) is 5.56 Å². The minimum absolute atomic E-state index is 0.0968. The molecule has 0 amide bonds. The summed E-state index contributed by atoms with van der Waals surface area (Å²) in [6.07, 6.45) is 0.895. The predicted octanol–water partition coefficient (Wildman–Crippen LogP) is 2.43. The molecule has 1 unspecified atom stereocenters. The summed E-state index contributed by atoms with van der Waals surface area (Å²) in [6, 6.07) is 0. The van der Waals surface area contributed by atoms with E-state index in [2.05, 4.69) is 20.8 Å². The van der Waals surface area contributed by atoms with Crippen molar-refractivity contribution in [2.45, 2.75) is 54.3 Å². The van der Waals surface area contributed by atoms with Gasteiger partial charge in [-0.05, 0) is 0 Å². The van der Waals surface area contributed by atoms with Crippen LogP contribution >= 0.6 is 23.5 Å². The number of methoxy groups -OCH3 is 1. The number of fused-ring (bicyclic) bond motifs is 1. The molecular weight excluding hydrogens is 280 g/mol. The second kappa shape index (κ2) is 6.33. The van der Waals surface area contributed by atoms with Crippen LogP contribution in [-0.4, -0.2) is 33.8 Å². The van der Waals surface area contributed by atoms with Gasteiger partial charge in [-0.25, -0.2) is 4.98 Å². The first-order chi connectivity index (χ1) is 9.02. The lowest BCUT2D eigenvalue weighted by atomic mass is 10.2. The van der Waals surface area contributed by atoms with Crippen molar-refractivity contribution in [2.75, 3.05) is 13.7 Å². The number of nitrogens with zero attached hydrogens (tertiary/aromatic N) is 2. The normalized spacial score (nSPS) is 18.1. The molecular formula is C13H20N2O2S2. The van der Waals surface area contributed by atoms with Gasteiger partial charge in [0.1, 0.15) is 0 Å².